The summed E-state index contributed by atoms with van der Waals surface area (Å²) in [7, 11) is 0. The summed E-state index contributed by atoms with van der Waals surface area (Å²) >= 11 is 5.10. The molecule has 0 spiro atoms. The van der Waals surface area contributed by atoms with Crippen molar-refractivity contribution >= 4 is 27.3 Å². The Hall–Kier alpha value is -0.710. The van der Waals surface area contributed by atoms with Crippen LogP contribution in [0.25, 0.3) is 0 Å². The molecule has 2 nitrogen and oxygen atoms in total. The van der Waals surface area contributed by atoms with Crippen LogP contribution in [-0.2, 0) is 13.0 Å². The molecule has 0 bridgehead atoms. The minimum absolute atomic E-state index is 0.533. The Balaban J connectivity index is 2.11. The molecule has 15 heavy (non-hydrogen) atoms. The molecule has 0 radical (unpaired) electrons. The zero-order valence-electron chi connectivity index (χ0n) is 8.11. The predicted octanol–water partition coefficient (Wildman–Crippen LogP) is 2.96. The first-order valence-corrected chi connectivity index (χ1v) is 6.27. The summed E-state index contributed by atoms with van der Waals surface area (Å²) in [5.74, 6) is 0. The largest absolute Gasteiger partial charge is 0.325 e. The maximum atomic E-state index is 5.52. The molecule has 0 amide bonds. The molecule has 0 atom stereocenters. The van der Waals surface area contributed by atoms with Crippen molar-refractivity contribution in [2.75, 3.05) is 0 Å². The van der Waals surface area contributed by atoms with E-state index in [1.54, 1.807) is 11.3 Å². The Morgan fingerprint density at radius 2 is 2.00 bits per heavy atom. The van der Waals surface area contributed by atoms with Crippen molar-refractivity contribution in [3.8, 4) is 0 Å². The van der Waals surface area contributed by atoms with Gasteiger partial charge in [-0.3, -0.25) is 0 Å². The van der Waals surface area contributed by atoms with Crippen molar-refractivity contribution in [1.82, 2.24) is 4.98 Å². The number of benzene rings is 1. The highest BCUT2D eigenvalue weighted by Gasteiger charge is 2.01. The zero-order valence-corrected chi connectivity index (χ0v) is 10.5. The zero-order chi connectivity index (χ0) is 10.7. The van der Waals surface area contributed by atoms with Crippen LogP contribution in [0.3, 0.4) is 0 Å². The number of aromatic nitrogens is 1. The molecule has 1 aromatic carbocycles. The van der Waals surface area contributed by atoms with E-state index in [2.05, 4.69) is 45.2 Å². The van der Waals surface area contributed by atoms with Gasteiger partial charge in [-0.1, -0.05) is 28.1 Å². The quantitative estimate of drug-likeness (QED) is 0.940. The lowest BCUT2D eigenvalue weighted by Gasteiger charge is -1.97. The molecule has 1 aromatic heterocycles. The summed E-state index contributed by atoms with van der Waals surface area (Å²) in [5, 5.41) is 1.00. The third-order valence-electron chi connectivity index (χ3n) is 2.07. The lowest BCUT2D eigenvalue weighted by Crippen LogP contribution is -1.93. The fourth-order valence-corrected chi connectivity index (χ4v) is 2.43. The molecular weight excluding hydrogens is 272 g/mol. The molecule has 2 N–H and O–H groups in total. The molecular formula is C11H11BrN2S. The molecule has 0 unspecified atom stereocenters. The second kappa shape index (κ2) is 4.88. The summed E-state index contributed by atoms with van der Waals surface area (Å²) in [6, 6.07) is 8.35. The van der Waals surface area contributed by atoms with Crippen LogP contribution in [0.1, 0.15) is 15.4 Å². The van der Waals surface area contributed by atoms with Crippen LogP contribution in [0, 0.1) is 0 Å². The van der Waals surface area contributed by atoms with Crippen LogP contribution in [0.4, 0.5) is 0 Å². The van der Waals surface area contributed by atoms with Crippen molar-refractivity contribution in [1.29, 1.82) is 0 Å². The van der Waals surface area contributed by atoms with Crippen molar-refractivity contribution in [3.63, 3.8) is 0 Å². The van der Waals surface area contributed by atoms with Crippen molar-refractivity contribution < 1.29 is 0 Å². The van der Waals surface area contributed by atoms with Crippen LogP contribution in [0.2, 0.25) is 0 Å². The number of halogens is 1. The molecule has 2 aromatic rings. The van der Waals surface area contributed by atoms with E-state index >= 15 is 0 Å². The van der Waals surface area contributed by atoms with Gasteiger partial charge in [-0.25, -0.2) is 4.98 Å². The van der Waals surface area contributed by atoms with E-state index in [-0.39, 0.29) is 0 Å². The van der Waals surface area contributed by atoms with Crippen molar-refractivity contribution in [2.45, 2.75) is 13.0 Å². The van der Waals surface area contributed by atoms with Crippen LogP contribution in [-0.4, -0.2) is 4.98 Å². The number of hydrogen-bond donors (Lipinski definition) is 1. The minimum atomic E-state index is 0.533. The predicted molar refractivity (Wildman–Crippen MR) is 67.0 cm³/mol. The van der Waals surface area contributed by atoms with Crippen LogP contribution in [0.15, 0.2) is 34.9 Å². The Kier molecular flexibility index (Phi) is 3.51. The molecule has 0 fully saturated rings. The van der Waals surface area contributed by atoms with E-state index in [0.717, 1.165) is 15.9 Å². The van der Waals surface area contributed by atoms with Crippen molar-refractivity contribution in [2.24, 2.45) is 5.73 Å². The van der Waals surface area contributed by atoms with E-state index in [9.17, 15) is 0 Å². The lowest BCUT2D eigenvalue weighted by atomic mass is 10.1. The average molecular weight is 283 g/mol. The smallest absolute Gasteiger partial charge is 0.106 e. The minimum Gasteiger partial charge on any atom is -0.325 e. The van der Waals surface area contributed by atoms with Gasteiger partial charge >= 0.3 is 0 Å². The molecule has 0 saturated carbocycles. The van der Waals surface area contributed by atoms with E-state index < -0.39 is 0 Å². The molecule has 78 valence electrons. The Labute approximate surface area is 101 Å². The molecule has 2 rings (SSSR count). The van der Waals surface area contributed by atoms with Crippen LogP contribution < -0.4 is 5.73 Å². The fourth-order valence-electron chi connectivity index (χ4n) is 1.33. The monoisotopic (exact) mass is 282 g/mol. The molecule has 0 aliphatic carbocycles. The Morgan fingerprint density at radius 1 is 1.27 bits per heavy atom. The van der Waals surface area contributed by atoms with Gasteiger partial charge in [0.25, 0.3) is 0 Å². The third kappa shape index (κ3) is 2.87. The molecule has 4 heteroatoms. The van der Waals surface area contributed by atoms with Gasteiger partial charge in [-0.15, -0.1) is 11.3 Å². The van der Waals surface area contributed by atoms with Gasteiger partial charge in [-0.05, 0) is 17.7 Å². The Morgan fingerprint density at radius 3 is 2.60 bits per heavy atom. The standard InChI is InChI=1S/C11H11BrN2S/c12-9-3-1-8(2-4-9)5-10-7-14-11(6-13)15-10/h1-4,7H,5-6,13H2. The van der Waals surface area contributed by atoms with Gasteiger partial charge in [-0.2, -0.15) is 0 Å². The number of nitrogens with zero attached hydrogens (tertiary/aromatic N) is 1. The summed E-state index contributed by atoms with van der Waals surface area (Å²) in [6.45, 7) is 0.533. The molecule has 1 heterocycles. The molecule has 0 aliphatic heterocycles. The highest BCUT2D eigenvalue weighted by molar-refractivity contribution is 9.10. The van der Waals surface area contributed by atoms with E-state index in [4.69, 9.17) is 5.73 Å². The summed E-state index contributed by atoms with van der Waals surface area (Å²) in [4.78, 5) is 5.49. The third-order valence-corrected chi connectivity index (χ3v) is 3.62. The lowest BCUT2D eigenvalue weighted by molar-refractivity contribution is 1.04. The number of rotatable bonds is 3. The fraction of sp³-hybridized carbons (Fsp3) is 0.182. The first-order chi connectivity index (χ1) is 7.28. The first kappa shape index (κ1) is 10.8. The second-order valence-electron chi connectivity index (χ2n) is 3.23. The number of nitrogens with two attached hydrogens (primary N) is 1. The van der Waals surface area contributed by atoms with Gasteiger partial charge in [0, 0.05) is 28.5 Å². The topological polar surface area (TPSA) is 38.9 Å². The second-order valence-corrected chi connectivity index (χ2v) is 5.34. The summed E-state index contributed by atoms with van der Waals surface area (Å²) in [5.41, 5.74) is 6.81. The molecule has 0 saturated heterocycles. The molecule has 0 aliphatic rings. The maximum absolute atomic E-state index is 5.52. The van der Waals surface area contributed by atoms with Crippen LogP contribution >= 0.6 is 27.3 Å². The number of hydrogen-bond acceptors (Lipinski definition) is 3. The van der Waals surface area contributed by atoms with E-state index in [1.165, 1.54) is 10.4 Å². The average Bonchev–Trinajstić information content (AvgIpc) is 2.69. The highest BCUT2D eigenvalue weighted by atomic mass is 79.9. The highest BCUT2D eigenvalue weighted by Crippen LogP contribution is 2.18. The van der Waals surface area contributed by atoms with E-state index in [1.807, 2.05) is 6.20 Å². The van der Waals surface area contributed by atoms with Gasteiger partial charge in [0.1, 0.15) is 5.01 Å². The van der Waals surface area contributed by atoms with Gasteiger partial charge in [0.15, 0.2) is 0 Å². The first-order valence-electron chi connectivity index (χ1n) is 4.66. The number of thiazole rings is 1. The van der Waals surface area contributed by atoms with Crippen molar-refractivity contribution in [3.05, 3.63) is 50.4 Å². The SMILES string of the molecule is NCc1ncc(Cc2ccc(Br)cc2)s1. The summed E-state index contributed by atoms with van der Waals surface area (Å²) in [6.07, 6.45) is 2.85. The van der Waals surface area contributed by atoms with Gasteiger partial charge in [0.05, 0.1) is 0 Å². The van der Waals surface area contributed by atoms with E-state index in [0.29, 0.717) is 6.54 Å². The normalized spacial score (nSPS) is 10.5. The van der Waals surface area contributed by atoms with Gasteiger partial charge < -0.3 is 5.73 Å². The Bertz CT molecular complexity index is 436. The van der Waals surface area contributed by atoms with Crippen LogP contribution in [0.5, 0.6) is 0 Å². The summed E-state index contributed by atoms with van der Waals surface area (Å²) < 4.78 is 1.11. The van der Waals surface area contributed by atoms with Gasteiger partial charge in [0.2, 0.25) is 0 Å². The maximum Gasteiger partial charge on any atom is 0.106 e.